The first kappa shape index (κ1) is 21.8. The first-order chi connectivity index (χ1) is 15.4. The molecule has 1 aromatic heterocycles. The van der Waals surface area contributed by atoms with E-state index in [2.05, 4.69) is 9.47 Å². The fourth-order valence-corrected chi connectivity index (χ4v) is 4.46. The Morgan fingerprint density at radius 2 is 1.78 bits per heavy atom. The minimum atomic E-state index is -0.441. The predicted octanol–water partition coefficient (Wildman–Crippen LogP) is 4.96. The normalized spacial score (nSPS) is 16.2. The molecule has 0 aliphatic carbocycles. The average molecular weight is 457 g/mol. The van der Waals surface area contributed by atoms with Gasteiger partial charge in [0.15, 0.2) is 0 Å². The lowest BCUT2D eigenvalue weighted by Crippen LogP contribution is -2.30. The number of aromatic nitrogens is 1. The highest BCUT2D eigenvalue weighted by molar-refractivity contribution is 6.31. The molecule has 0 radical (unpaired) electrons. The van der Waals surface area contributed by atoms with Crippen molar-refractivity contribution < 1.29 is 14.6 Å². The molecule has 10 heteroatoms. The van der Waals surface area contributed by atoms with Gasteiger partial charge in [0.2, 0.25) is 0 Å². The second-order valence-corrected chi connectivity index (χ2v) is 7.98. The van der Waals surface area contributed by atoms with Crippen LogP contribution in [0.25, 0.3) is 0 Å². The van der Waals surface area contributed by atoms with Crippen LogP contribution in [0.1, 0.15) is 29.3 Å². The number of non-ortho nitro benzene ring substituents is 2. The van der Waals surface area contributed by atoms with E-state index in [-0.39, 0.29) is 17.4 Å². The Kier molecular flexibility index (Phi) is 6.11. The molecule has 0 saturated heterocycles. The van der Waals surface area contributed by atoms with Gasteiger partial charge in [-0.2, -0.15) is 0 Å². The van der Waals surface area contributed by atoms with Crippen LogP contribution in [-0.4, -0.2) is 33.0 Å². The Bertz CT molecular complexity index is 1180. The lowest BCUT2D eigenvalue weighted by Gasteiger charge is -2.31. The lowest BCUT2D eigenvalue weighted by atomic mass is 10.00. The Balaban J connectivity index is 1.83. The van der Waals surface area contributed by atoms with E-state index in [1.54, 1.807) is 12.1 Å². The van der Waals surface area contributed by atoms with Crippen LogP contribution in [0, 0.1) is 20.2 Å². The summed E-state index contributed by atoms with van der Waals surface area (Å²) in [4.78, 5) is 24.0. The van der Waals surface area contributed by atoms with Gasteiger partial charge in [0.05, 0.1) is 23.0 Å². The highest BCUT2D eigenvalue weighted by Gasteiger charge is 2.31. The van der Waals surface area contributed by atoms with Crippen LogP contribution in [-0.2, 0) is 13.1 Å². The molecule has 0 amide bonds. The minimum absolute atomic E-state index is 0.0241. The molecule has 0 saturated carbocycles. The number of hydrogen-bond donors (Lipinski definition) is 0. The van der Waals surface area contributed by atoms with E-state index in [0.29, 0.717) is 35.0 Å². The van der Waals surface area contributed by atoms with E-state index in [1.807, 2.05) is 18.3 Å². The van der Waals surface area contributed by atoms with Crippen LogP contribution >= 0.6 is 11.6 Å². The monoisotopic (exact) mass is 456 g/mol. The number of halogens is 1. The van der Waals surface area contributed by atoms with Crippen molar-refractivity contribution in [2.75, 3.05) is 13.7 Å². The zero-order chi connectivity index (χ0) is 22.8. The second kappa shape index (κ2) is 8.97. The number of fused-ring (bicyclic) bond motifs is 1. The molecule has 9 nitrogen and oxygen atoms in total. The summed E-state index contributed by atoms with van der Waals surface area (Å²) in [5, 5.41) is 23.2. The smallest absolute Gasteiger partial charge is 0.270 e. The molecule has 4 rings (SSSR count). The molecule has 2 heterocycles. The van der Waals surface area contributed by atoms with E-state index in [0.717, 1.165) is 18.7 Å². The number of hydrogen-bond acceptors (Lipinski definition) is 6. The molecule has 32 heavy (non-hydrogen) atoms. The van der Waals surface area contributed by atoms with Gasteiger partial charge in [-0.1, -0.05) is 11.6 Å². The molecule has 166 valence electrons. The number of benzene rings is 2. The van der Waals surface area contributed by atoms with Crippen LogP contribution in [0.4, 0.5) is 11.4 Å². The summed E-state index contributed by atoms with van der Waals surface area (Å²) in [6.07, 6.45) is 2.81. The van der Waals surface area contributed by atoms with Crippen LogP contribution in [0.3, 0.4) is 0 Å². The van der Waals surface area contributed by atoms with E-state index >= 15 is 0 Å². The lowest BCUT2D eigenvalue weighted by molar-refractivity contribution is -0.385. The number of aryl methyl sites for hydroxylation is 1. The van der Waals surface area contributed by atoms with Crippen molar-refractivity contribution in [1.82, 2.24) is 9.47 Å². The summed E-state index contributed by atoms with van der Waals surface area (Å²) in [6, 6.07) is 12.5. The predicted molar refractivity (Wildman–Crippen MR) is 119 cm³/mol. The molecule has 0 bridgehead atoms. The highest BCUT2D eigenvalue weighted by Crippen LogP contribution is 2.39. The number of rotatable bonds is 6. The summed E-state index contributed by atoms with van der Waals surface area (Å²) in [6.45, 7) is 1.80. The summed E-state index contributed by atoms with van der Waals surface area (Å²) in [5.74, 6) is 0.541. The maximum Gasteiger partial charge on any atom is 0.270 e. The van der Waals surface area contributed by atoms with Crippen LogP contribution in [0.5, 0.6) is 5.75 Å². The molecule has 1 aliphatic rings. The van der Waals surface area contributed by atoms with Crippen molar-refractivity contribution in [2.24, 2.45) is 0 Å². The first-order valence-electron chi connectivity index (χ1n) is 10.0. The minimum Gasteiger partial charge on any atom is -0.496 e. The maximum absolute atomic E-state index is 11.4. The number of methoxy groups -OCH3 is 1. The van der Waals surface area contributed by atoms with Crippen molar-refractivity contribution in [1.29, 1.82) is 0 Å². The first-order valence-corrected chi connectivity index (χ1v) is 10.4. The Morgan fingerprint density at radius 3 is 2.50 bits per heavy atom. The SMILES string of the molecule is COc1ccc([N+](=O)[O-])cc1CN1CCCn2cccc2C1c1cc([N+](=O)[O-])ccc1Cl. The summed E-state index contributed by atoms with van der Waals surface area (Å²) >= 11 is 6.54. The van der Waals surface area contributed by atoms with Crippen LogP contribution in [0.2, 0.25) is 5.02 Å². The molecule has 0 N–H and O–H groups in total. The quantitative estimate of drug-likeness (QED) is 0.383. The number of nitrogens with zero attached hydrogens (tertiary/aromatic N) is 4. The van der Waals surface area contributed by atoms with Crippen molar-refractivity contribution in [2.45, 2.75) is 25.6 Å². The molecule has 1 aliphatic heterocycles. The fraction of sp³-hybridized carbons (Fsp3) is 0.273. The van der Waals surface area contributed by atoms with Crippen molar-refractivity contribution in [3.63, 3.8) is 0 Å². The topological polar surface area (TPSA) is 104 Å². The van der Waals surface area contributed by atoms with E-state index in [9.17, 15) is 20.2 Å². The number of nitro groups is 2. The Labute approximate surface area is 189 Å². The molecule has 0 fully saturated rings. The summed E-state index contributed by atoms with van der Waals surface area (Å²) < 4.78 is 7.57. The molecule has 1 unspecified atom stereocenters. The van der Waals surface area contributed by atoms with Gasteiger partial charge in [-0.15, -0.1) is 0 Å². The average Bonchev–Trinajstić information content (AvgIpc) is 3.16. The van der Waals surface area contributed by atoms with E-state index in [1.165, 1.54) is 31.4 Å². The molecular weight excluding hydrogens is 436 g/mol. The molecule has 3 aromatic rings. The van der Waals surface area contributed by atoms with E-state index < -0.39 is 9.85 Å². The van der Waals surface area contributed by atoms with Crippen molar-refractivity contribution >= 4 is 23.0 Å². The summed E-state index contributed by atoms with van der Waals surface area (Å²) in [7, 11) is 1.52. The third-order valence-corrected chi connectivity index (χ3v) is 6.03. The Morgan fingerprint density at radius 1 is 1.06 bits per heavy atom. The second-order valence-electron chi connectivity index (χ2n) is 7.57. The van der Waals surface area contributed by atoms with Gasteiger partial charge in [0, 0.05) is 71.9 Å². The van der Waals surface area contributed by atoms with Gasteiger partial charge in [0.25, 0.3) is 11.4 Å². The maximum atomic E-state index is 11.4. The van der Waals surface area contributed by atoms with Gasteiger partial charge in [-0.3, -0.25) is 25.1 Å². The standard InChI is InChI=1S/C22H21ClN4O5/c1-32-21-8-6-16(26(28)29)12-15(21)14-25-11-3-10-24-9-2-4-20(24)22(25)18-13-17(27(30)31)5-7-19(18)23/h2,4-9,12-13,22H,3,10-11,14H2,1H3. The third-order valence-electron chi connectivity index (χ3n) is 5.69. The highest BCUT2D eigenvalue weighted by atomic mass is 35.5. The van der Waals surface area contributed by atoms with E-state index in [4.69, 9.17) is 16.3 Å². The summed E-state index contributed by atoms with van der Waals surface area (Å²) in [5.41, 5.74) is 2.17. The molecule has 2 aromatic carbocycles. The zero-order valence-corrected chi connectivity index (χ0v) is 18.1. The number of nitro benzene ring substituents is 2. The third kappa shape index (κ3) is 4.17. The molecule has 1 atom stereocenters. The Hall–Kier alpha value is -3.43. The van der Waals surface area contributed by atoms with Gasteiger partial charge in [-0.05, 0) is 30.7 Å². The molecular formula is C22H21ClN4O5. The fourth-order valence-electron chi connectivity index (χ4n) is 4.24. The van der Waals surface area contributed by atoms with Crippen LogP contribution < -0.4 is 4.74 Å². The number of ether oxygens (including phenoxy) is 1. The zero-order valence-electron chi connectivity index (χ0n) is 17.3. The van der Waals surface area contributed by atoms with Crippen LogP contribution in [0.15, 0.2) is 54.7 Å². The van der Waals surface area contributed by atoms with Gasteiger partial charge < -0.3 is 9.30 Å². The largest absolute Gasteiger partial charge is 0.496 e. The van der Waals surface area contributed by atoms with Crippen molar-refractivity contribution in [3.8, 4) is 5.75 Å². The van der Waals surface area contributed by atoms with Gasteiger partial charge in [0.1, 0.15) is 5.75 Å². The van der Waals surface area contributed by atoms with Gasteiger partial charge in [-0.25, -0.2) is 0 Å². The van der Waals surface area contributed by atoms with Crippen molar-refractivity contribution in [3.05, 3.63) is 96.8 Å². The molecule has 0 spiro atoms. The van der Waals surface area contributed by atoms with Gasteiger partial charge >= 0.3 is 0 Å².